The van der Waals surface area contributed by atoms with E-state index >= 15 is 0 Å². The van der Waals surface area contributed by atoms with E-state index in [2.05, 4.69) is 30.6 Å². The van der Waals surface area contributed by atoms with Gasteiger partial charge >= 0.3 is 0 Å². The first kappa shape index (κ1) is 14.6. The van der Waals surface area contributed by atoms with Gasteiger partial charge in [0.05, 0.1) is 6.61 Å². The topological polar surface area (TPSA) is 35.5 Å². The molecule has 0 aliphatic carbocycles. The van der Waals surface area contributed by atoms with Gasteiger partial charge in [0.2, 0.25) is 0 Å². The summed E-state index contributed by atoms with van der Waals surface area (Å²) in [4.78, 5) is 2.23. The van der Waals surface area contributed by atoms with Gasteiger partial charge in [-0.3, -0.25) is 4.90 Å². The van der Waals surface area contributed by atoms with Crippen molar-refractivity contribution in [3.05, 3.63) is 12.7 Å². The first-order valence-electron chi connectivity index (χ1n) is 5.89. The van der Waals surface area contributed by atoms with Crippen LogP contribution in [0.4, 0.5) is 0 Å². The molecule has 0 aliphatic heterocycles. The predicted octanol–water partition coefficient (Wildman–Crippen LogP) is 1.10. The molecule has 0 amide bonds. The van der Waals surface area contributed by atoms with Crippen LogP contribution in [0.15, 0.2) is 12.7 Å². The number of nitrogens with one attached hydrogen (secondary N) is 1. The van der Waals surface area contributed by atoms with Gasteiger partial charge in [-0.25, -0.2) is 0 Å². The third-order valence-corrected chi connectivity index (χ3v) is 2.29. The Kier molecular flexibility index (Phi) is 9.89. The Morgan fingerprint density at radius 3 is 2.80 bits per heavy atom. The van der Waals surface area contributed by atoms with Crippen molar-refractivity contribution < 1.29 is 5.11 Å². The number of hydrogen-bond donors (Lipinski definition) is 2. The SMILES string of the molecule is C=CCN(CCO)CC(C)CNCCC. The summed E-state index contributed by atoms with van der Waals surface area (Å²) in [6, 6.07) is 0. The summed E-state index contributed by atoms with van der Waals surface area (Å²) in [6.45, 7) is 13.1. The van der Waals surface area contributed by atoms with Gasteiger partial charge in [-0.1, -0.05) is 19.9 Å². The molecular formula is C12H26N2O. The standard InChI is InChI=1S/C12H26N2O/c1-4-6-13-10-12(3)11-14(7-5-2)8-9-15/h5,12-13,15H,2,4,6-11H2,1,3H3. The molecule has 0 aromatic rings. The van der Waals surface area contributed by atoms with E-state index in [9.17, 15) is 0 Å². The lowest BCUT2D eigenvalue weighted by Gasteiger charge is -2.23. The third-order valence-electron chi connectivity index (χ3n) is 2.29. The average Bonchev–Trinajstić information content (AvgIpc) is 2.19. The lowest BCUT2D eigenvalue weighted by atomic mass is 10.1. The van der Waals surface area contributed by atoms with Crippen LogP contribution in [-0.4, -0.2) is 49.3 Å². The Morgan fingerprint density at radius 1 is 1.53 bits per heavy atom. The van der Waals surface area contributed by atoms with E-state index in [0.29, 0.717) is 5.92 Å². The first-order valence-corrected chi connectivity index (χ1v) is 5.89. The van der Waals surface area contributed by atoms with E-state index in [1.807, 2.05) is 6.08 Å². The highest BCUT2D eigenvalue weighted by Gasteiger charge is 2.07. The minimum absolute atomic E-state index is 0.225. The molecule has 2 N–H and O–H groups in total. The van der Waals surface area contributed by atoms with Crippen LogP contribution >= 0.6 is 0 Å². The quantitative estimate of drug-likeness (QED) is 0.422. The average molecular weight is 214 g/mol. The second kappa shape index (κ2) is 10.1. The lowest BCUT2D eigenvalue weighted by Crippen LogP contribution is -2.35. The van der Waals surface area contributed by atoms with Gasteiger partial charge in [-0.2, -0.15) is 0 Å². The van der Waals surface area contributed by atoms with Crippen LogP contribution in [0.5, 0.6) is 0 Å². The van der Waals surface area contributed by atoms with Crippen molar-refractivity contribution in [2.45, 2.75) is 20.3 Å². The van der Waals surface area contributed by atoms with Crippen molar-refractivity contribution in [3.63, 3.8) is 0 Å². The second-order valence-electron chi connectivity index (χ2n) is 4.08. The summed E-state index contributed by atoms with van der Waals surface area (Å²) in [6.07, 6.45) is 3.07. The van der Waals surface area contributed by atoms with Gasteiger partial charge in [-0.15, -0.1) is 6.58 Å². The fraction of sp³-hybridized carbons (Fsp3) is 0.833. The third kappa shape index (κ3) is 8.60. The van der Waals surface area contributed by atoms with Crippen molar-refractivity contribution in [2.75, 3.05) is 39.3 Å². The molecule has 0 aromatic heterocycles. The zero-order chi connectivity index (χ0) is 11.5. The van der Waals surface area contributed by atoms with Crippen LogP contribution in [0.1, 0.15) is 20.3 Å². The Hall–Kier alpha value is -0.380. The highest BCUT2D eigenvalue weighted by atomic mass is 16.3. The normalized spacial score (nSPS) is 13.1. The van der Waals surface area contributed by atoms with Crippen LogP contribution in [0.25, 0.3) is 0 Å². The van der Waals surface area contributed by atoms with E-state index in [1.54, 1.807) is 0 Å². The fourth-order valence-electron chi connectivity index (χ4n) is 1.61. The van der Waals surface area contributed by atoms with Gasteiger partial charge in [0, 0.05) is 19.6 Å². The summed E-state index contributed by atoms with van der Waals surface area (Å²) < 4.78 is 0. The van der Waals surface area contributed by atoms with E-state index in [1.165, 1.54) is 6.42 Å². The molecule has 3 nitrogen and oxygen atoms in total. The van der Waals surface area contributed by atoms with E-state index in [-0.39, 0.29) is 6.61 Å². The second-order valence-corrected chi connectivity index (χ2v) is 4.08. The first-order chi connectivity index (χ1) is 7.24. The van der Waals surface area contributed by atoms with E-state index in [0.717, 1.165) is 32.7 Å². The summed E-state index contributed by atoms with van der Waals surface area (Å²) in [5.41, 5.74) is 0. The summed E-state index contributed by atoms with van der Waals surface area (Å²) in [5.74, 6) is 0.614. The molecule has 0 heterocycles. The van der Waals surface area contributed by atoms with Gasteiger partial charge < -0.3 is 10.4 Å². The molecule has 15 heavy (non-hydrogen) atoms. The Bertz CT molecular complexity index is 151. The number of nitrogens with zero attached hydrogens (tertiary/aromatic N) is 1. The zero-order valence-corrected chi connectivity index (χ0v) is 10.2. The van der Waals surface area contributed by atoms with E-state index in [4.69, 9.17) is 5.11 Å². The van der Waals surface area contributed by atoms with Crippen molar-refractivity contribution in [1.82, 2.24) is 10.2 Å². The maximum absolute atomic E-state index is 8.90. The molecule has 3 heteroatoms. The molecule has 1 atom stereocenters. The molecule has 0 bridgehead atoms. The smallest absolute Gasteiger partial charge is 0.0558 e. The number of rotatable bonds is 10. The molecule has 0 aliphatic rings. The molecule has 0 aromatic carbocycles. The molecule has 0 fully saturated rings. The maximum atomic E-state index is 8.90. The Morgan fingerprint density at radius 2 is 2.27 bits per heavy atom. The van der Waals surface area contributed by atoms with Crippen LogP contribution in [0.2, 0.25) is 0 Å². The van der Waals surface area contributed by atoms with Gasteiger partial charge in [-0.05, 0) is 25.4 Å². The Labute approximate surface area is 94.2 Å². The number of hydrogen-bond acceptors (Lipinski definition) is 3. The molecule has 0 saturated heterocycles. The van der Waals surface area contributed by atoms with Gasteiger partial charge in [0.25, 0.3) is 0 Å². The number of aliphatic hydroxyl groups is 1. The number of aliphatic hydroxyl groups excluding tert-OH is 1. The maximum Gasteiger partial charge on any atom is 0.0558 e. The Balaban J connectivity index is 3.67. The van der Waals surface area contributed by atoms with Crippen molar-refractivity contribution in [1.29, 1.82) is 0 Å². The fourth-order valence-corrected chi connectivity index (χ4v) is 1.61. The van der Waals surface area contributed by atoms with Gasteiger partial charge in [0.15, 0.2) is 0 Å². The lowest BCUT2D eigenvalue weighted by molar-refractivity contribution is 0.190. The minimum atomic E-state index is 0.225. The van der Waals surface area contributed by atoms with Crippen LogP contribution in [0, 0.1) is 5.92 Å². The van der Waals surface area contributed by atoms with Crippen molar-refractivity contribution >= 4 is 0 Å². The van der Waals surface area contributed by atoms with Crippen LogP contribution < -0.4 is 5.32 Å². The monoisotopic (exact) mass is 214 g/mol. The van der Waals surface area contributed by atoms with Crippen molar-refractivity contribution in [3.8, 4) is 0 Å². The van der Waals surface area contributed by atoms with E-state index < -0.39 is 0 Å². The zero-order valence-electron chi connectivity index (χ0n) is 10.2. The minimum Gasteiger partial charge on any atom is -0.395 e. The van der Waals surface area contributed by atoms with Gasteiger partial charge in [0.1, 0.15) is 0 Å². The summed E-state index contributed by atoms with van der Waals surface area (Å²) in [7, 11) is 0. The predicted molar refractivity (Wildman–Crippen MR) is 66.0 cm³/mol. The van der Waals surface area contributed by atoms with Crippen molar-refractivity contribution in [2.24, 2.45) is 5.92 Å². The molecule has 0 rings (SSSR count). The highest BCUT2D eigenvalue weighted by molar-refractivity contribution is 4.75. The summed E-state index contributed by atoms with van der Waals surface area (Å²) in [5, 5.41) is 12.3. The molecule has 1 unspecified atom stereocenters. The molecule has 0 radical (unpaired) electrons. The molecule has 0 saturated carbocycles. The molecule has 90 valence electrons. The molecule has 0 spiro atoms. The molecular weight excluding hydrogens is 188 g/mol. The largest absolute Gasteiger partial charge is 0.395 e. The highest BCUT2D eigenvalue weighted by Crippen LogP contribution is 1.98. The summed E-state index contributed by atoms with van der Waals surface area (Å²) >= 11 is 0. The van der Waals surface area contributed by atoms with Crippen LogP contribution in [-0.2, 0) is 0 Å². The van der Waals surface area contributed by atoms with Crippen LogP contribution in [0.3, 0.4) is 0 Å².